The number of nitriles is 1. The summed E-state index contributed by atoms with van der Waals surface area (Å²) in [5, 5.41) is 30.4. The number of ether oxygens (including phenoxy) is 1. The molecule has 0 saturated carbocycles. The normalized spacial score (nSPS) is 19.9. The molecule has 0 aliphatic carbocycles. The summed E-state index contributed by atoms with van der Waals surface area (Å²) < 4.78 is 5.54. The number of piperazine rings is 1. The number of rotatable bonds is 8. The van der Waals surface area contributed by atoms with Gasteiger partial charge in [-0.2, -0.15) is 5.26 Å². The van der Waals surface area contributed by atoms with Gasteiger partial charge in [0.15, 0.2) is 0 Å². The van der Waals surface area contributed by atoms with Gasteiger partial charge in [-0.25, -0.2) is 0 Å². The molecule has 188 valence electrons. The Labute approximate surface area is 217 Å². The van der Waals surface area contributed by atoms with E-state index >= 15 is 0 Å². The minimum Gasteiger partial charge on any atom is -0.491 e. The fourth-order valence-corrected chi connectivity index (χ4v) is 5.14. The smallest absolute Gasteiger partial charge is 0.119 e. The first kappa shape index (κ1) is 26.0. The molecular formula is C29H32ClN3O3. The summed E-state index contributed by atoms with van der Waals surface area (Å²) in [5.41, 5.74) is 2.38. The third-order valence-electron chi connectivity index (χ3n) is 6.66. The van der Waals surface area contributed by atoms with Crippen molar-refractivity contribution in [3.8, 4) is 11.8 Å². The molecule has 0 radical (unpaired) electrons. The Bertz CT molecular complexity index is 1190. The van der Waals surface area contributed by atoms with Crippen LogP contribution in [-0.2, 0) is 5.60 Å². The Morgan fingerprint density at radius 3 is 2.47 bits per heavy atom. The summed E-state index contributed by atoms with van der Waals surface area (Å²) in [4.78, 5) is 4.69. The number of hydrogen-bond donors (Lipinski definition) is 2. The number of hydrogen-bond acceptors (Lipinski definition) is 6. The predicted molar refractivity (Wildman–Crippen MR) is 142 cm³/mol. The monoisotopic (exact) mass is 505 g/mol. The lowest BCUT2D eigenvalue weighted by Crippen LogP contribution is -2.56. The van der Waals surface area contributed by atoms with Gasteiger partial charge >= 0.3 is 0 Å². The minimum absolute atomic E-state index is 0.0238. The van der Waals surface area contributed by atoms with Crippen LogP contribution in [0.15, 0.2) is 72.8 Å². The molecule has 0 bridgehead atoms. The Hall–Kier alpha value is -3.08. The van der Waals surface area contributed by atoms with Crippen LogP contribution in [0.1, 0.15) is 36.6 Å². The summed E-state index contributed by atoms with van der Waals surface area (Å²) in [6.45, 7) is 6.16. The summed E-state index contributed by atoms with van der Waals surface area (Å²) in [7, 11) is 0. The average molecular weight is 506 g/mol. The second kappa shape index (κ2) is 11.3. The molecule has 36 heavy (non-hydrogen) atoms. The van der Waals surface area contributed by atoms with Crippen LogP contribution < -0.4 is 9.64 Å². The van der Waals surface area contributed by atoms with E-state index in [0.29, 0.717) is 23.7 Å². The summed E-state index contributed by atoms with van der Waals surface area (Å²) in [5.74, 6) is 0.720. The van der Waals surface area contributed by atoms with E-state index in [1.165, 1.54) is 0 Å². The Morgan fingerprint density at radius 1 is 1.08 bits per heavy atom. The number of nitrogens with zero attached hydrogens (tertiary/aromatic N) is 3. The molecule has 1 aliphatic rings. The molecule has 2 N–H and O–H groups in total. The van der Waals surface area contributed by atoms with Crippen LogP contribution in [0.3, 0.4) is 0 Å². The maximum atomic E-state index is 11.4. The fraction of sp³-hybridized carbons (Fsp3) is 0.345. The molecule has 1 saturated heterocycles. The van der Waals surface area contributed by atoms with Crippen molar-refractivity contribution < 1.29 is 14.9 Å². The zero-order valence-corrected chi connectivity index (χ0v) is 21.4. The standard InChI is InChI=1S/C29H32ClN3O3/c1-21-18-32(20-29(2,35)24-5-3-4-22(16-24)17-31)19-28(23-6-8-25(30)9-7-23)33(21)26-10-12-27(13-11-26)36-15-14-34/h3-13,16,21,28,34-35H,14-15,18-20H2,1-2H3/t21-,28+,29-/m1/s1. The topological polar surface area (TPSA) is 80.0 Å². The van der Waals surface area contributed by atoms with Crippen LogP contribution in [-0.4, -0.2) is 54.0 Å². The zero-order chi connectivity index (χ0) is 25.7. The van der Waals surface area contributed by atoms with E-state index in [0.717, 1.165) is 29.1 Å². The highest BCUT2D eigenvalue weighted by Gasteiger charge is 2.36. The van der Waals surface area contributed by atoms with Crippen LogP contribution >= 0.6 is 11.6 Å². The maximum Gasteiger partial charge on any atom is 0.119 e. The number of anilines is 1. The average Bonchev–Trinajstić information content (AvgIpc) is 2.88. The Kier molecular flexibility index (Phi) is 8.17. The highest BCUT2D eigenvalue weighted by molar-refractivity contribution is 6.30. The first-order chi connectivity index (χ1) is 17.3. The molecule has 3 aromatic carbocycles. The van der Waals surface area contributed by atoms with Crippen molar-refractivity contribution in [2.24, 2.45) is 0 Å². The zero-order valence-electron chi connectivity index (χ0n) is 20.6. The van der Waals surface area contributed by atoms with Crippen LogP contribution in [0.4, 0.5) is 5.69 Å². The van der Waals surface area contributed by atoms with Crippen LogP contribution in [0.25, 0.3) is 0 Å². The summed E-state index contributed by atoms with van der Waals surface area (Å²) in [6, 6.07) is 25.4. The van der Waals surface area contributed by atoms with E-state index in [1.54, 1.807) is 12.1 Å². The molecule has 0 unspecified atom stereocenters. The van der Waals surface area contributed by atoms with Crippen molar-refractivity contribution in [2.45, 2.75) is 31.5 Å². The molecule has 0 amide bonds. The third kappa shape index (κ3) is 6.00. The summed E-state index contributed by atoms with van der Waals surface area (Å²) in [6.07, 6.45) is 0. The van der Waals surface area contributed by atoms with E-state index in [9.17, 15) is 10.4 Å². The van der Waals surface area contributed by atoms with Crippen molar-refractivity contribution in [3.63, 3.8) is 0 Å². The molecule has 1 fully saturated rings. The van der Waals surface area contributed by atoms with E-state index < -0.39 is 5.60 Å². The van der Waals surface area contributed by atoms with E-state index in [4.69, 9.17) is 21.4 Å². The van der Waals surface area contributed by atoms with Gasteiger partial charge in [-0.05, 0) is 73.5 Å². The van der Waals surface area contributed by atoms with Crippen LogP contribution in [0, 0.1) is 11.3 Å². The number of aliphatic hydroxyl groups excluding tert-OH is 1. The number of aliphatic hydroxyl groups is 2. The van der Waals surface area contributed by atoms with Crippen molar-refractivity contribution in [3.05, 3.63) is 94.5 Å². The van der Waals surface area contributed by atoms with Gasteiger partial charge in [0.25, 0.3) is 0 Å². The second-order valence-electron chi connectivity index (χ2n) is 9.55. The maximum absolute atomic E-state index is 11.4. The van der Waals surface area contributed by atoms with E-state index in [2.05, 4.69) is 34.9 Å². The Balaban J connectivity index is 1.61. The van der Waals surface area contributed by atoms with Gasteiger partial charge in [-0.3, -0.25) is 4.90 Å². The molecular weight excluding hydrogens is 474 g/mol. The highest BCUT2D eigenvalue weighted by Crippen LogP contribution is 2.36. The van der Waals surface area contributed by atoms with Crippen molar-refractivity contribution in [1.82, 2.24) is 4.90 Å². The summed E-state index contributed by atoms with van der Waals surface area (Å²) >= 11 is 6.19. The SMILES string of the molecule is C[C@@H]1CN(C[C@@](C)(O)c2cccc(C#N)c2)C[C@@H](c2ccc(Cl)cc2)N1c1ccc(OCCO)cc1. The quantitative estimate of drug-likeness (QED) is 0.460. The van der Waals surface area contributed by atoms with Gasteiger partial charge < -0.3 is 19.8 Å². The Morgan fingerprint density at radius 2 is 1.81 bits per heavy atom. The number of benzene rings is 3. The predicted octanol–water partition coefficient (Wildman–Crippen LogP) is 4.74. The van der Waals surface area contributed by atoms with Crippen molar-refractivity contribution >= 4 is 17.3 Å². The van der Waals surface area contributed by atoms with E-state index in [1.807, 2.05) is 55.5 Å². The molecule has 1 heterocycles. The molecule has 3 aromatic rings. The molecule has 1 aliphatic heterocycles. The lowest BCUT2D eigenvalue weighted by molar-refractivity contribution is 0.00635. The van der Waals surface area contributed by atoms with Gasteiger partial charge in [-0.1, -0.05) is 35.9 Å². The molecule has 0 spiro atoms. The van der Waals surface area contributed by atoms with Crippen LogP contribution in [0.5, 0.6) is 5.75 Å². The minimum atomic E-state index is -1.11. The lowest BCUT2D eigenvalue weighted by atomic mass is 9.92. The van der Waals surface area contributed by atoms with Gasteiger partial charge in [0, 0.05) is 36.4 Å². The molecule has 7 heteroatoms. The number of β-amino-alcohol motifs (C(OH)–C–C–N with tert-alkyl or cyclic N) is 1. The fourth-order valence-electron chi connectivity index (χ4n) is 5.02. The van der Waals surface area contributed by atoms with Crippen LogP contribution in [0.2, 0.25) is 5.02 Å². The van der Waals surface area contributed by atoms with Gasteiger partial charge in [0.1, 0.15) is 12.4 Å². The van der Waals surface area contributed by atoms with Crippen molar-refractivity contribution in [2.75, 3.05) is 37.7 Å². The highest BCUT2D eigenvalue weighted by atomic mass is 35.5. The second-order valence-corrected chi connectivity index (χ2v) is 9.99. The lowest BCUT2D eigenvalue weighted by Gasteiger charge is -2.48. The molecule has 6 nitrogen and oxygen atoms in total. The largest absolute Gasteiger partial charge is 0.491 e. The molecule has 3 atom stereocenters. The van der Waals surface area contributed by atoms with Crippen molar-refractivity contribution in [1.29, 1.82) is 5.26 Å². The first-order valence-electron chi connectivity index (χ1n) is 12.1. The third-order valence-corrected chi connectivity index (χ3v) is 6.91. The van der Waals surface area contributed by atoms with Gasteiger partial charge in [0.2, 0.25) is 0 Å². The molecule has 0 aromatic heterocycles. The number of halogens is 1. The van der Waals surface area contributed by atoms with E-state index in [-0.39, 0.29) is 25.3 Å². The molecule has 4 rings (SSSR count). The first-order valence-corrected chi connectivity index (χ1v) is 12.5. The van der Waals surface area contributed by atoms with Gasteiger partial charge in [-0.15, -0.1) is 0 Å². The van der Waals surface area contributed by atoms with Gasteiger partial charge in [0.05, 0.1) is 29.9 Å².